The molecule has 0 radical (unpaired) electrons. The van der Waals surface area contributed by atoms with Gasteiger partial charge in [-0.2, -0.15) is 0 Å². The maximum atomic E-state index is 9.91. The zero-order valence-electron chi connectivity index (χ0n) is 10.00. The predicted octanol–water partition coefficient (Wildman–Crippen LogP) is 3.34. The van der Waals surface area contributed by atoms with Gasteiger partial charge in [-0.05, 0) is 36.4 Å². The number of benzene rings is 2. The molecular formula is C15H13NO2. The maximum Gasteiger partial charge on any atom is 0.141 e. The highest BCUT2D eigenvalue weighted by Crippen LogP contribution is 2.29. The van der Waals surface area contributed by atoms with E-state index in [9.17, 15) is 5.11 Å². The summed E-state index contributed by atoms with van der Waals surface area (Å²) in [5, 5.41) is 10.8. The fraction of sp³-hybridized carbons (Fsp3) is 0.0667. The summed E-state index contributed by atoms with van der Waals surface area (Å²) >= 11 is 0. The van der Waals surface area contributed by atoms with Gasteiger partial charge in [0.15, 0.2) is 0 Å². The Kier molecular flexibility index (Phi) is 2.45. The number of aromatic nitrogens is 1. The van der Waals surface area contributed by atoms with Crippen LogP contribution in [0.2, 0.25) is 0 Å². The van der Waals surface area contributed by atoms with Gasteiger partial charge in [0, 0.05) is 11.1 Å². The second kappa shape index (κ2) is 4.11. The molecule has 18 heavy (non-hydrogen) atoms. The Labute approximate surface area is 105 Å². The van der Waals surface area contributed by atoms with E-state index in [0.717, 1.165) is 22.3 Å². The van der Waals surface area contributed by atoms with Gasteiger partial charge in [-0.15, -0.1) is 0 Å². The Morgan fingerprint density at radius 1 is 1.00 bits per heavy atom. The fourth-order valence-corrected chi connectivity index (χ4v) is 2.12. The molecule has 0 spiro atoms. The first-order valence-corrected chi connectivity index (χ1v) is 5.73. The molecule has 0 fully saturated rings. The van der Waals surface area contributed by atoms with Crippen LogP contribution in [0.3, 0.4) is 0 Å². The normalized spacial score (nSPS) is 10.7. The van der Waals surface area contributed by atoms with Crippen molar-refractivity contribution in [1.29, 1.82) is 0 Å². The summed E-state index contributed by atoms with van der Waals surface area (Å²) in [5.74, 6) is 1.11. The maximum absolute atomic E-state index is 9.91. The van der Waals surface area contributed by atoms with E-state index < -0.39 is 0 Å². The van der Waals surface area contributed by atoms with Gasteiger partial charge < -0.3 is 14.4 Å². The number of rotatable bonds is 2. The van der Waals surface area contributed by atoms with Gasteiger partial charge in [0.25, 0.3) is 0 Å². The third-order valence-electron chi connectivity index (χ3n) is 3.04. The highest BCUT2D eigenvalue weighted by atomic mass is 16.5. The van der Waals surface area contributed by atoms with Crippen LogP contribution >= 0.6 is 0 Å². The lowest BCUT2D eigenvalue weighted by Crippen LogP contribution is -1.91. The molecule has 0 saturated carbocycles. The summed E-state index contributed by atoms with van der Waals surface area (Å²) in [6, 6.07) is 15.5. The first kappa shape index (κ1) is 10.7. The average Bonchev–Trinajstić information content (AvgIpc) is 2.77. The molecule has 0 aliphatic rings. The molecule has 0 atom stereocenters. The highest BCUT2D eigenvalue weighted by molar-refractivity contribution is 5.88. The minimum Gasteiger partial charge on any atom is -0.506 e. The number of fused-ring (bicyclic) bond motifs is 1. The van der Waals surface area contributed by atoms with E-state index in [4.69, 9.17) is 4.74 Å². The third kappa shape index (κ3) is 1.61. The van der Waals surface area contributed by atoms with Crippen LogP contribution in [0.25, 0.3) is 16.6 Å². The molecule has 0 aliphatic heterocycles. The van der Waals surface area contributed by atoms with Crippen LogP contribution in [0.5, 0.6) is 11.5 Å². The van der Waals surface area contributed by atoms with Crippen molar-refractivity contribution in [3.63, 3.8) is 0 Å². The van der Waals surface area contributed by atoms with Gasteiger partial charge in [-0.25, -0.2) is 0 Å². The number of nitrogens with zero attached hydrogens (tertiary/aromatic N) is 1. The summed E-state index contributed by atoms with van der Waals surface area (Å²) in [4.78, 5) is 0. The summed E-state index contributed by atoms with van der Waals surface area (Å²) < 4.78 is 7.10. The molecule has 3 nitrogen and oxygen atoms in total. The number of aromatic hydroxyl groups is 1. The minimum atomic E-state index is 0.293. The van der Waals surface area contributed by atoms with Gasteiger partial charge in [0.2, 0.25) is 0 Å². The molecule has 1 N–H and O–H groups in total. The van der Waals surface area contributed by atoms with E-state index in [-0.39, 0.29) is 0 Å². The predicted molar refractivity (Wildman–Crippen MR) is 71.5 cm³/mol. The van der Waals surface area contributed by atoms with Crippen molar-refractivity contribution in [3.8, 4) is 17.2 Å². The number of ether oxygens (including phenoxy) is 1. The molecular weight excluding hydrogens is 226 g/mol. The van der Waals surface area contributed by atoms with Crippen molar-refractivity contribution in [1.82, 2.24) is 4.57 Å². The highest BCUT2D eigenvalue weighted by Gasteiger charge is 2.07. The molecule has 0 saturated heterocycles. The summed E-state index contributed by atoms with van der Waals surface area (Å²) in [6.45, 7) is 0. The monoisotopic (exact) mass is 239 g/mol. The lowest BCUT2D eigenvalue weighted by Gasteiger charge is -2.06. The Morgan fingerprint density at radius 3 is 2.44 bits per heavy atom. The van der Waals surface area contributed by atoms with Gasteiger partial charge in [-0.1, -0.05) is 12.1 Å². The van der Waals surface area contributed by atoms with Crippen molar-refractivity contribution < 1.29 is 9.84 Å². The van der Waals surface area contributed by atoms with Gasteiger partial charge >= 0.3 is 0 Å². The second-order valence-corrected chi connectivity index (χ2v) is 4.10. The quantitative estimate of drug-likeness (QED) is 0.744. The second-order valence-electron chi connectivity index (χ2n) is 4.10. The van der Waals surface area contributed by atoms with Crippen LogP contribution in [-0.4, -0.2) is 16.8 Å². The van der Waals surface area contributed by atoms with Crippen LogP contribution in [0, 0.1) is 0 Å². The van der Waals surface area contributed by atoms with E-state index in [2.05, 4.69) is 0 Å². The van der Waals surface area contributed by atoms with Crippen molar-refractivity contribution in [3.05, 3.63) is 54.7 Å². The van der Waals surface area contributed by atoms with Crippen molar-refractivity contribution in [2.75, 3.05) is 7.11 Å². The Morgan fingerprint density at radius 2 is 1.72 bits per heavy atom. The van der Waals surface area contributed by atoms with Gasteiger partial charge in [0.05, 0.1) is 18.8 Å². The van der Waals surface area contributed by atoms with Crippen molar-refractivity contribution in [2.45, 2.75) is 0 Å². The van der Waals surface area contributed by atoms with E-state index in [1.165, 1.54) is 0 Å². The van der Waals surface area contributed by atoms with E-state index >= 15 is 0 Å². The van der Waals surface area contributed by atoms with Crippen LogP contribution in [0.15, 0.2) is 54.7 Å². The van der Waals surface area contributed by atoms with Gasteiger partial charge in [0.1, 0.15) is 11.5 Å². The summed E-state index contributed by atoms with van der Waals surface area (Å²) in [6.07, 6.45) is 1.73. The largest absolute Gasteiger partial charge is 0.506 e. The topological polar surface area (TPSA) is 34.4 Å². The number of hydrogen-bond donors (Lipinski definition) is 1. The lowest BCUT2D eigenvalue weighted by atomic mass is 10.2. The van der Waals surface area contributed by atoms with Crippen LogP contribution < -0.4 is 4.74 Å². The average molecular weight is 239 g/mol. The van der Waals surface area contributed by atoms with E-state index in [0.29, 0.717) is 5.75 Å². The number of methoxy groups -OCH3 is 1. The van der Waals surface area contributed by atoms with Crippen molar-refractivity contribution in [2.24, 2.45) is 0 Å². The SMILES string of the molecule is COc1ccc(-n2cc(O)c3ccccc32)cc1. The number of hydrogen-bond acceptors (Lipinski definition) is 2. The molecule has 0 amide bonds. The van der Waals surface area contributed by atoms with Crippen LogP contribution in [0.1, 0.15) is 0 Å². The van der Waals surface area contributed by atoms with Crippen LogP contribution in [-0.2, 0) is 0 Å². The molecule has 1 aromatic heterocycles. The van der Waals surface area contributed by atoms with E-state index in [1.807, 2.05) is 53.1 Å². The molecule has 2 aromatic carbocycles. The first-order valence-electron chi connectivity index (χ1n) is 5.73. The molecule has 0 bridgehead atoms. The van der Waals surface area contributed by atoms with Crippen molar-refractivity contribution >= 4 is 10.9 Å². The van der Waals surface area contributed by atoms with E-state index in [1.54, 1.807) is 13.3 Å². The first-order chi connectivity index (χ1) is 8.79. The Bertz CT molecular complexity index is 683. The Hall–Kier alpha value is -2.42. The molecule has 3 rings (SSSR count). The van der Waals surface area contributed by atoms with Gasteiger partial charge in [-0.3, -0.25) is 0 Å². The number of para-hydroxylation sites is 1. The van der Waals surface area contributed by atoms with Crippen LogP contribution in [0.4, 0.5) is 0 Å². The molecule has 0 unspecified atom stereocenters. The zero-order valence-corrected chi connectivity index (χ0v) is 10.00. The molecule has 3 heteroatoms. The molecule has 0 aliphatic carbocycles. The molecule has 1 heterocycles. The standard InChI is InChI=1S/C15H13NO2/c1-18-12-8-6-11(7-9-12)16-10-15(17)13-4-2-3-5-14(13)16/h2-10,17H,1H3. The summed E-state index contributed by atoms with van der Waals surface area (Å²) in [5.41, 5.74) is 1.98. The third-order valence-corrected chi connectivity index (χ3v) is 3.04. The zero-order chi connectivity index (χ0) is 12.5. The lowest BCUT2D eigenvalue weighted by molar-refractivity contribution is 0.415. The molecule has 3 aromatic rings. The molecule has 90 valence electrons. The minimum absolute atomic E-state index is 0.293. The fourth-order valence-electron chi connectivity index (χ4n) is 2.12. The summed E-state index contributed by atoms with van der Waals surface area (Å²) in [7, 11) is 1.64. The Balaban J connectivity index is 2.18. The smallest absolute Gasteiger partial charge is 0.141 e.